The highest BCUT2D eigenvalue weighted by Crippen LogP contribution is 2.67. The molecule has 4 aliphatic carbocycles. The lowest BCUT2D eigenvalue weighted by Gasteiger charge is -2.58. The fourth-order valence-corrected chi connectivity index (χ4v) is 10.0. The van der Waals surface area contributed by atoms with Gasteiger partial charge in [0.25, 0.3) is 0 Å². The molecule has 2 nitrogen and oxygen atoms in total. The van der Waals surface area contributed by atoms with Crippen molar-refractivity contribution in [3.8, 4) is 0 Å². The summed E-state index contributed by atoms with van der Waals surface area (Å²) in [5.41, 5.74) is 2.54. The van der Waals surface area contributed by atoms with Crippen LogP contribution in [0.25, 0.3) is 0 Å². The molecule has 0 radical (unpaired) electrons. The summed E-state index contributed by atoms with van der Waals surface area (Å²) in [6.45, 7) is 14.9. The van der Waals surface area contributed by atoms with E-state index in [1.165, 1.54) is 89.9 Å². The van der Waals surface area contributed by atoms with Gasteiger partial charge in [0.1, 0.15) is 6.10 Å². The Bertz CT molecular complexity index is 797. The van der Waals surface area contributed by atoms with Crippen LogP contribution in [0.1, 0.15) is 157 Å². The first-order chi connectivity index (χ1) is 18.2. The molecule has 2 unspecified atom stereocenters. The smallest absolute Gasteiger partial charge is 0.306 e. The summed E-state index contributed by atoms with van der Waals surface area (Å²) in [7, 11) is 0. The number of fused-ring (bicyclic) bond motifs is 5. The van der Waals surface area contributed by atoms with Crippen molar-refractivity contribution < 1.29 is 9.53 Å². The van der Waals surface area contributed by atoms with Crippen molar-refractivity contribution in [2.75, 3.05) is 0 Å². The minimum atomic E-state index is 0.0522. The minimum absolute atomic E-state index is 0.0522. The molecule has 3 fully saturated rings. The zero-order chi connectivity index (χ0) is 27.3. The van der Waals surface area contributed by atoms with Gasteiger partial charge in [0.05, 0.1) is 0 Å². The Hall–Kier alpha value is -0.790. The van der Waals surface area contributed by atoms with E-state index in [1.807, 2.05) is 0 Å². The average Bonchev–Trinajstić information content (AvgIpc) is 3.23. The molecule has 0 amide bonds. The number of hydrogen-bond donors (Lipinski definition) is 0. The second-order valence-electron chi connectivity index (χ2n) is 15.2. The van der Waals surface area contributed by atoms with Crippen LogP contribution < -0.4 is 0 Å². The maximum atomic E-state index is 12.6. The third kappa shape index (κ3) is 6.57. The van der Waals surface area contributed by atoms with E-state index in [0.717, 1.165) is 54.8 Å². The summed E-state index contributed by atoms with van der Waals surface area (Å²) in [6.07, 6.45) is 25.3. The highest BCUT2D eigenvalue weighted by atomic mass is 16.5. The van der Waals surface area contributed by atoms with Crippen LogP contribution in [-0.4, -0.2) is 12.1 Å². The maximum Gasteiger partial charge on any atom is 0.306 e. The molecule has 0 aromatic heterocycles. The quantitative estimate of drug-likeness (QED) is 0.135. The van der Waals surface area contributed by atoms with Crippen LogP contribution in [0, 0.1) is 46.3 Å². The monoisotopic (exact) mass is 526 g/mol. The summed E-state index contributed by atoms with van der Waals surface area (Å²) in [4.78, 5) is 12.6. The zero-order valence-electron chi connectivity index (χ0n) is 26.2. The summed E-state index contributed by atoms with van der Waals surface area (Å²) in [6, 6.07) is 0. The molecule has 0 aliphatic heterocycles. The van der Waals surface area contributed by atoms with Gasteiger partial charge in [-0.05, 0) is 97.7 Å². The number of unbranched alkanes of at least 4 members (excludes halogenated alkanes) is 5. The van der Waals surface area contributed by atoms with Gasteiger partial charge in [-0.15, -0.1) is 0 Å². The van der Waals surface area contributed by atoms with Crippen molar-refractivity contribution >= 4 is 5.97 Å². The molecule has 218 valence electrons. The Morgan fingerprint density at radius 1 is 0.921 bits per heavy atom. The Balaban J connectivity index is 1.31. The molecule has 0 saturated heterocycles. The van der Waals surface area contributed by atoms with E-state index >= 15 is 0 Å². The van der Waals surface area contributed by atoms with Crippen molar-refractivity contribution in [3.05, 3.63) is 11.6 Å². The molecule has 0 aromatic rings. The van der Waals surface area contributed by atoms with Gasteiger partial charge in [-0.2, -0.15) is 0 Å². The second kappa shape index (κ2) is 13.2. The second-order valence-corrected chi connectivity index (χ2v) is 15.2. The summed E-state index contributed by atoms with van der Waals surface area (Å²) in [5, 5.41) is 0. The lowest BCUT2D eigenvalue weighted by Crippen LogP contribution is -2.51. The van der Waals surface area contributed by atoms with Gasteiger partial charge in [0, 0.05) is 12.8 Å². The topological polar surface area (TPSA) is 26.3 Å². The lowest BCUT2D eigenvalue weighted by atomic mass is 9.47. The fourth-order valence-electron chi connectivity index (χ4n) is 10.0. The highest BCUT2D eigenvalue weighted by molar-refractivity contribution is 5.69. The van der Waals surface area contributed by atoms with Gasteiger partial charge in [-0.25, -0.2) is 0 Å². The van der Waals surface area contributed by atoms with E-state index in [-0.39, 0.29) is 12.1 Å². The molecule has 0 bridgehead atoms. The number of esters is 1. The molecule has 0 heterocycles. The first-order valence-corrected chi connectivity index (χ1v) is 17.1. The lowest BCUT2D eigenvalue weighted by molar-refractivity contribution is -0.151. The Labute approximate surface area is 236 Å². The van der Waals surface area contributed by atoms with Crippen LogP contribution in [0.15, 0.2) is 11.6 Å². The van der Waals surface area contributed by atoms with Crippen molar-refractivity contribution in [1.29, 1.82) is 0 Å². The van der Waals surface area contributed by atoms with Crippen molar-refractivity contribution in [2.45, 2.75) is 163 Å². The predicted molar refractivity (Wildman–Crippen MR) is 161 cm³/mol. The molecule has 3 saturated carbocycles. The van der Waals surface area contributed by atoms with Crippen molar-refractivity contribution in [1.82, 2.24) is 0 Å². The van der Waals surface area contributed by atoms with Gasteiger partial charge in [-0.3, -0.25) is 4.79 Å². The van der Waals surface area contributed by atoms with E-state index in [2.05, 4.69) is 47.6 Å². The van der Waals surface area contributed by atoms with Gasteiger partial charge in [0.15, 0.2) is 0 Å². The van der Waals surface area contributed by atoms with Crippen LogP contribution in [0.5, 0.6) is 0 Å². The molecular formula is C36H62O2. The summed E-state index contributed by atoms with van der Waals surface area (Å²) in [5.74, 6) is 5.34. The number of rotatable bonds is 13. The Kier molecular flexibility index (Phi) is 10.5. The van der Waals surface area contributed by atoms with E-state index in [9.17, 15) is 4.79 Å². The van der Waals surface area contributed by atoms with Crippen molar-refractivity contribution in [3.63, 3.8) is 0 Å². The van der Waals surface area contributed by atoms with Crippen LogP contribution >= 0.6 is 0 Å². The minimum Gasteiger partial charge on any atom is -0.462 e. The Morgan fingerprint density at radius 2 is 1.68 bits per heavy atom. The standard InChI is InChI=1S/C36H62O2/c1-7-8-9-10-11-12-16-34(37)38-29-21-23-35(5)28(25-29)17-18-30-32-20-19-31(27(4)15-13-14-26(2)3)36(32,6)24-22-33(30)35/h17,26-27,29-33H,7-16,18-25H2,1-6H3/t27-,29+,30+,31-,32?,33?,35+,36-/m1/s1. The van der Waals surface area contributed by atoms with Crippen LogP contribution in [0.3, 0.4) is 0 Å². The third-order valence-corrected chi connectivity index (χ3v) is 12.3. The predicted octanol–water partition coefficient (Wildman–Crippen LogP) is 10.7. The molecular weight excluding hydrogens is 464 g/mol. The molecule has 2 heteroatoms. The van der Waals surface area contributed by atoms with Gasteiger partial charge in [-0.1, -0.05) is 105 Å². The summed E-state index contributed by atoms with van der Waals surface area (Å²) >= 11 is 0. The SMILES string of the molecule is CCCCCCCCC(=O)O[C@H]1CC[C@@]2(C)C(=CC[C@@H]3C2CC[C@@]2(C)C3CC[C@@H]2[C@H](C)CCCC(C)C)C1. The molecule has 38 heavy (non-hydrogen) atoms. The largest absolute Gasteiger partial charge is 0.462 e. The van der Waals surface area contributed by atoms with E-state index in [4.69, 9.17) is 4.74 Å². The van der Waals surface area contributed by atoms with Gasteiger partial charge >= 0.3 is 5.97 Å². The number of ether oxygens (including phenoxy) is 1. The molecule has 4 rings (SSSR count). The van der Waals surface area contributed by atoms with Crippen molar-refractivity contribution in [2.24, 2.45) is 46.3 Å². The molecule has 0 N–H and O–H groups in total. The molecule has 4 aliphatic rings. The van der Waals surface area contributed by atoms with Crippen LogP contribution in [0.4, 0.5) is 0 Å². The van der Waals surface area contributed by atoms with E-state index in [1.54, 1.807) is 5.57 Å². The number of hydrogen-bond acceptors (Lipinski definition) is 2. The molecule has 0 spiro atoms. The van der Waals surface area contributed by atoms with Gasteiger partial charge in [0.2, 0.25) is 0 Å². The normalized spacial score (nSPS) is 37.2. The number of allylic oxidation sites excluding steroid dienone is 1. The Morgan fingerprint density at radius 3 is 2.45 bits per heavy atom. The summed E-state index contributed by atoms with van der Waals surface area (Å²) < 4.78 is 6.04. The van der Waals surface area contributed by atoms with Crippen LogP contribution in [-0.2, 0) is 9.53 Å². The highest BCUT2D eigenvalue weighted by Gasteiger charge is 2.59. The van der Waals surface area contributed by atoms with Gasteiger partial charge < -0.3 is 4.74 Å². The van der Waals surface area contributed by atoms with E-state index in [0.29, 0.717) is 17.3 Å². The number of carbonyl (C=O) groups is 1. The van der Waals surface area contributed by atoms with E-state index < -0.39 is 0 Å². The zero-order valence-corrected chi connectivity index (χ0v) is 26.2. The first kappa shape index (κ1) is 30.2. The first-order valence-electron chi connectivity index (χ1n) is 17.1. The maximum absolute atomic E-state index is 12.6. The third-order valence-electron chi connectivity index (χ3n) is 12.3. The molecule has 8 atom stereocenters. The average molecular weight is 527 g/mol. The number of carbonyl (C=O) groups excluding carboxylic acids is 1. The fraction of sp³-hybridized carbons (Fsp3) is 0.917. The van der Waals surface area contributed by atoms with Crippen LogP contribution in [0.2, 0.25) is 0 Å². The molecule has 0 aromatic carbocycles.